The van der Waals surface area contributed by atoms with Crippen LogP contribution in [0.25, 0.3) is 21.3 Å². The van der Waals surface area contributed by atoms with Gasteiger partial charge in [0.1, 0.15) is 5.52 Å². The Morgan fingerprint density at radius 3 is 2.52 bits per heavy atom. The average Bonchev–Trinajstić information content (AvgIpc) is 3.35. The second-order valence-electron chi connectivity index (χ2n) is 11.9. The number of carboxylic acid groups (broad SMARTS) is 1. The molecule has 2 aromatic heterocycles. The molecular formula is C32H35ClN4O2S. The number of aliphatic carboxylic acids is 1. The summed E-state index contributed by atoms with van der Waals surface area (Å²) in [4.78, 5) is 26.4. The Morgan fingerprint density at radius 2 is 1.80 bits per heavy atom. The minimum absolute atomic E-state index is 0.0204. The monoisotopic (exact) mass is 574 g/mol. The fraction of sp³-hybridized carbons (Fsp3) is 0.406. The molecule has 0 atom stereocenters. The number of thiazole rings is 1. The van der Waals surface area contributed by atoms with E-state index in [1.165, 1.54) is 11.1 Å². The Bertz CT molecular complexity index is 1620. The standard InChI is InChI=1S/C32H35ClN4O2S/c1-19-24(17-27(38)39)30(36-14-11-32(3,4)12-15-36)28(20(2)34-19)22-8-9-23-18-37(13-10-21(23)16-22)31-35-29-25(33)6-5-7-26(29)40-31/h5-9,16H,10-15,17-18H2,1-4H3,(H,38,39). The van der Waals surface area contributed by atoms with Crippen LogP contribution >= 0.6 is 22.9 Å². The smallest absolute Gasteiger partial charge is 0.307 e. The lowest BCUT2D eigenvalue weighted by Gasteiger charge is -2.40. The van der Waals surface area contributed by atoms with Crippen molar-refractivity contribution in [1.29, 1.82) is 0 Å². The van der Waals surface area contributed by atoms with Crippen molar-refractivity contribution in [3.8, 4) is 11.1 Å². The molecule has 6 rings (SSSR count). The van der Waals surface area contributed by atoms with Gasteiger partial charge in [0.15, 0.2) is 5.13 Å². The largest absolute Gasteiger partial charge is 0.481 e. The lowest BCUT2D eigenvalue weighted by molar-refractivity contribution is -0.136. The zero-order chi connectivity index (χ0) is 28.2. The maximum atomic E-state index is 11.9. The van der Waals surface area contributed by atoms with E-state index < -0.39 is 5.97 Å². The number of halogens is 1. The van der Waals surface area contributed by atoms with Gasteiger partial charge in [0.05, 0.1) is 21.8 Å². The lowest BCUT2D eigenvalue weighted by Crippen LogP contribution is -2.38. The fourth-order valence-electron chi connectivity index (χ4n) is 6.17. The molecule has 4 aromatic rings. The normalized spacial score (nSPS) is 16.8. The first-order chi connectivity index (χ1) is 19.1. The number of para-hydroxylation sites is 1. The third-order valence-corrected chi connectivity index (χ3v) is 9.94. The van der Waals surface area contributed by atoms with Gasteiger partial charge < -0.3 is 14.9 Å². The summed E-state index contributed by atoms with van der Waals surface area (Å²) in [5.74, 6) is -0.819. The van der Waals surface area contributed by atoms with Crippen molar-refractivity contribution in [1.82, 2.24) is 9.97 Å². The van der Waals surface area contributed by atoms with Gasteiger partial charge in [0.25, 0.3) is 0 Å². The topological polar surface area (TPSA) is 69.6 Å². The van der Waals surface area contributed by atoms with E-state index in [1.54, 1.807) is 11.3 Å². The maximum absolute atomic E-state index is 11.9. The Balaban J connectivity index is 1.37. The molecule has 1 fully saturated rings. The number of aryl methyl sites for hydroxylation is 2. The van der Waals surface area contributed by atoms with Crippen LogP contribution in [0.3, 0.4) is 0 Å². The second kappa shape index (κ2) is 10.3. The van der Waals surface area contributed by atoms with Crippen LogP contribution in [0, 0.1) is 19.3 Å². The number of pyridine rings is 1. The van der Waals surface area contributed by atoms with E-state index in [0.717, 1.165) is 94.6 Å². The van der Waals surface area contributed by atoms with Gasteiger partial charge in [-0.05, 0) is 67.3 Å². The van der Waals surface area contributed by atoms with Crippen LogP contribution in [0.5, 0.6) is 0 Å². The van der Waals surface area contributed by atoms with Crippen LogP contribution in [-0.2, 0) is 24.2 Å². The molecule has 1 N–H and O–H groups in total. The van der Waals surface area contributed by atoms with Crippen LogP contribution in [-0.4, -0.2) is 40.7 Å². The molecule has 8 heteroatoms. The Hall–Kier alpha value is -3.16. The minimum Gasteiger partial charge on any atom is -0.481 e. The number of rotatable bonds is 5. The highest BCUT2D eigenvalue weighted by Crippen LogP contribution is 2.42. The van der Waals surface area contributed by atoms with Gasteiger partial charge in [-0.2, -0.15) is 0 Å². The van der Waals surface area contributed by atoms with Crippen LogP contribution in [0.15, 0.2) is 36.4 Å². The number of hydrogen-bond acceptors (Lipinski definition) is 6. The molecule has 0 amide bonds. The van der Waals surface area contributed by atoms with Gasteiger partial charge in [0.2, 0.25) is 0 Å². The number of piperidine rings is 1. The summed E-state index contributed by atoms with van der Waals surface area (Å²) in [6.07, 6.45) is 3.06. The van der Waals surface area contributed by atoms with Crippen molar-refractivity contribution in [3.05, 3.63) is 69.5 Å². The van der Waals surface area contributed by atoms with E-state index in [2.05, 4.69) is 54.8 Å². The first-order valence-electron chi connectivity index (χ1n) is 14.0. The Kier molecular flexibility index (Phi) is 6.99. The molecule has 0 spiro atoms. The Morgan fingerprint density at radius 1 is 1.02 bits per heavy atom. The summed E-state index contributed by atoms with van der Waals surface area (Å²) in [5, 5.41) is 11.5. The molecule has 0 aliphatic carbocycles. The molecule has 2 aliphatic heterocycles. The summed E-state index contributed by atoms with van der Waals surface area (Å²) in [5.41, 5.74) is 9.67. The summed E-state index contributed by atoms with van der Waals surface area (Å²) in [6.45, 7) is 12.2. The molecule has 4 heterocycles. The lowest BCUT2D eigenvalue weighted by atomic mass is 9.82. The average molecular weight is 575 g/mol. The molecule has 0 bridgehead atoms. The van der Waals surface area contributed by atoms with Gasteiger partial charge in [-0.1, -0.05) is 61.1 Å². The fourth-order valence-corrected chi connectivity index (χ4v) is 7.46. The van der Waals surface area contributed by atoms with E-state index >= 15 is 0 Å². The van der Waals surface area contributed by atoms with Crippen molar-refractivity contribution >= 4 is 49.9 Å². The van der Waals surface area contributed by atoms with Gasteiger partial charge >= 0.3 is 5.97 Å². The number of carbonyl (C=O) groups is 1. The number of anilines is 2. The zero-order valence-corrected chi connectivity index (χ0v) is 25.1. The molecule has 1 saturated heterocycles. The molecule has 2 aliphatic rings. The number of nitrogens with zero attached hydrogens (tertiary/aromatic N) is 4. The summed E-state index contributed by atoms with van der Waals surface area (Å²) in [6, 6.07) is 12.7. The predicted octanol–water partition coefficient (Wildman–Crippen LogP) is 7.44. The number of carboxylic acids is 1. The predicted molar refractivity (Wildman–Crippen MR) is 165 cm³/mol. The molecule has 6 nitrogen and oxygen atoms in total. The van der Waals surface area contributed by atoms with E-state index in [9.17, 15) is 9.90 Å². The zero-order valence-electron chi connectivity index (χ0n) is 23.6. The van der Waals surface area contributed by atoms with E-state index in [-0.39, 0.29) is 6.42 Å². The van der Waals surface area contributed by atoms with Gasteiger partial charge in [-0.3, -0.25) is 9.78 Å². The number of aromatic nitrogens is 2. The molecule has 0 radical (unpaired) electrons. The highest BCUT2D eigenvalue weighted by molar-refractivity contribution is 7.22. The molecule has 208 valence electrons. The number of benzene rings is 2. The van der Waals surface area contributed by atoms with Crippen molar-refractivity contribution in [2.45, 2.75) is 59.9 Å². The van der Waals surface area contributed by atoms with E-state index in [4.69, 9.17) is 21.6 Å². The highest BCUT2D eigenvalue weighted by atomic mass is 35.5. The SMILES string of the molecule is Cc1nc(C)c(-c2ccc3c(c2)CCN(c2nc4c(Cl)cccc4s2)C3)c(N2CCC(C)(C)CC2)c1CC(=O)O. The maximum Gasteiger partial charge on any atom is 0.307 e. The van der Waals surface area contributed by atoms with Crippen molar-refractivity contribution in [2.75, 3.05) is 29.4 Å². The van der Waals surface area contributed by atoms with Crippen molar-refractivity contribution < 1.29 is 9.90 Å². The molecular weight excluding hydrogens is 540 g/mol. The molecule has 0 saturated carbocycles. The molecule has 2 aromatic carbocycles. The third kappa shape index (κ3) is 5.06. The van der Waals surface area contributed by atoms with Crippen LogP contribution in [0.1, 0.15) is 54.8 Å². The highest BCUT2D eigenvalue weighted by Gasteiger charge is 2.31. The Labute approximate surface area is 244 Å². The van der Waals surface area contributed by atoms with Gasteiger partial charge in [-0.15, -0.1) is 0 Å². The quantitative estimate of drug-likeness (QED) is 0.267. The van der Waals surface area contributed by atoms with Crippen LogP contribution in [0.4, 0.5) is 10.8 Å². The second-order valence-corrected chi connectivity index (χ2v) is 13.4. The van der Waals surface area contributed by atoms with Gasteiger partial charge in [0, 0.05) is 48.7 Å². The molecule has 40 heavy (non-hydrogen) atoms. The first kappa shape index (κ1) is 27.0. The minimum atomic E-state index is -0.819. The number of hydrogen-bond donors (Lipinski definition) is 1. The van der Waals surface area contributed by atoms with Crippen molar-refractivity contribution in [2.24, 2.45) is 5.41 Å². The van der Waals surface area contributed by atoms with Crippen molar-refractivity contribution in [3.63, 3.8) is 0 Å². The summed E-state index contributed by atoms with van der Waals surface area (Å²) < 4.78 is 1.11. The number of fused-ring (bicyclic) bond motifs is 2. The third-order valence-electron chi connectivity index (χ3n) is 8.55. The molecule has 0 unspecified atom stereocenters. The van der Waals surface area contributed by atoms with Gasteiger partial charge in [-0.25, -0.2) is 4.98 Å². The first-order valence-corrected chi connectivity index (χ1v) is 15.2. The van der Waals surface area contributed by atoms with E-state index in [0.29, 0.717) is 10.4 Å². The summed E-state index contributed by atoms with van der Waals surface area (Å²) in [7, 11) is 0. The van der Waals surface area contributed by atoms with Crippen LogP contribution in [0.2, 0.25) is 5.02 Å². The van der Waals surface area contributed by atoms with Crippen LogP contribution < -0.4 is 9.80 Å². The van der Waals surface area contributed by atoms with E-state index in [1.807, 2.05) is 19.1 Å². The summed E-state index contributed by atoms with van der Waals surface area (Å²) >= 11 is 8.08.